The van der Waals surface area contributed by atoms with Crippen molar-refractivity contribution in [1.82, 2.24) is 25.4 Å². The second-order valence-corrected chi connectivity index (χ2v) is 14.2. The molecule has 3 heterocycles. The summed E-state index contributed by atoms with van der Waals surface area (Å²) < 4.78 is 0. The van der Waals surface area contributed by atoms with E-state index in [0.29, 0.717) is 28.7 Å². The molecular formula is C38H39Cl2N5O. The summed E-state index contributed by atoms with van der Waals surface area (Å²) in [7, 11) is 0. The van der Waals surface area contributed by atoms with Crippen LogP contribution in [0.4, 0.5) is 0 Å². The number of piperazine rings is 1. The van der Waals surface area contributed by atoms with Gasteiger partial charge in [-0.15, -0.1) is 0 Å². The first-order valence-corrected chi connectivity index (χ1v) is 17.4. The van der Waals surface area contributed by atoms with Crippen molar-refractivity contribution in [2.75, 3.05) is 13.1 Å². The van der Waals surface area contributed by atoms with Crippen LogP contribution in [-0.4, -0.2) is 57.9 Å². The molecule has 2 saturated carbocycles. The molecule has 0 unspecified atom stereocenters. The van der Waals surface area contributed by atoms with E-state index < -0.39 is 0 Å². The highest BCUT2D eigenvalue weighted by Crippen LogP contribution is 2.38. The molecule has 3 fully saturated rings. The fourth-order valence-electron chi connectivity index (χ4n) is 7.31. The molecule has 2 aliphatic carbocycles. The molecule has 1 saturated heterocycles. The van der Waals surface area contributed by atoms with Gasteiger partial charge in [0.1, 0.15) is 0 Å². The molecule has 3 aromatic carbocycles. The SMILES string of the molecule is O=C(C1=C(c2ccc(CN(Cc3ccnc4ccccc34)C3CC3)cc2)C[C@H]2CNC[C@H]1N2)N(Cc1cccc(Cl)c1Cl)C1CC1. The Bertz CT molecular complexity index is 1790. The van der Waals surface area contributed by atoms with Gasteiger partial charge in [0.25, 0.3) is 5.91 Å². The van der Waals surface area contributed by atoms with Crippen LogP contribution in [-0.2, 0) is 24.4 Å². The summed E-state index contributed by atoms with van der Waals surface area (Å²) >= 11 is 12.9. The number of rotatable bonds is 10. The topological polar surface area (TPSA) is 60.5 Å². The number of hydrogen-bond acceptors (Lipinski definition) is 5. The lowest BCUT2D eigenvalue weighted by molar-refractivity contribution is -0.128. The molecule has 236 valence electrons. The molecule has 0 radical (unpaired) electrons. The first kappa shape index (κ1) is 30.1. The summed E-state index contributed by atoms with van der Waals surface area (Å²) in [6.07, 6.45) is 7.30. The largest absolute Gasteiger partial charge is 0.331 e. The van der Waals surface area contributed by atoms with Gasteiger partial charge in [-0.2, -0.15) is 0 Å². The average Bonchev–Trinajstić information content (AvgIpc) is 4.00. The maximum absolute atomic E-state index is 14.5. The molecule has 0 spiro atoms. The highest BCUT2D eigenvalue weighted by atomic mass is 35.5. The molecule has 4 aromatic rings. The fraction of sp³-hybridized carbons (Fsp3) is 0.368. The van der Waals surface area contributed by atoms with Gasteiger partial charge in [-0.25, -0.2) is 0 Å². The van der Waals surface area contributed by atoms with Crippen LogP contribution in [0.15, 0.2) is 84.6 Å². The Morgan fingerprint density at radius 2 is 1.63 bits per heavy atom. The van der Waals surface area contributed by atoms with Gasteiger partial charge < -0.3 is 15.5 Å². The number of nitrogens with zero attached hydrogens (tertiary/aromatic N) is 3. The number of halogens is 2. The molecule has 2 atom stereocenters. The first-order valence-electron chi connectivity index (χ1n) is 16.6. The number of hydrogen-bond donors (Lipinski definition) is 2. The normalized spacial score (nSPS) is 21.2. The fourth-order valence-corrected chi connectivity index (χ4v) is 7.69. The van der Waals surface area contributed by atoms with Gasteiger partial charge in [0.2, 0.25) is 0 Å². The van der Waals surface area contributed by atoms with E-state index in [1.165, 1.54) is 34.9 Å². The number of pyridine rings is 1. The van der Waals surface area contributed by atoms with E-state index in [0.717, 1.165) is 67.7 Å². The van der Waals surface area contributed by atoms with Crippen molar-refractivity contribution in [3.63, 3.8) is 0 Å². The number of carbonyl (C=O) groups excluding carboxylic acids is 1. The molecule has 1 aromatic heterocycles. The Hall–Kier alpha value is -3.26. The molecule has 46 heavy (non-hydrogen) atoms. The Balaban J connectivity index is 1.07. The third-order valence-corrected chi connectivity index (χ3v) is 10.9. The van der Waals surface area contributed by atoms with Gasteiger partial charge in [0.15, 0.2) is 0 Å². The molecule has 4 aliphatic rings. The van der Waals surface area contributed by atoms with Gasteiger partial charge in [-0.05, 0) is 78.1 Å². The third-order valence-electron chi connectivity index (χ3n) is 10.0. The maximum atomic E-state index is 14.5. The number of benzene rings is 3. The minimum Gasteiger partial charge on any atom is -0.331 e. The molecule has 6 nitrogen and oxygen atoms in total. The van der Waals surface area contributed by atoms with Crippen molar-refractivity contribution < 1.29 is 4.79 Å². The molecule has 2 N–H and O–H groups in total. The predicted octanol–water partition coefficient (Wildman–Crippen LogP) is 6.98. The number of nitrogens with one attached hydrogen (secondary N) is 2. The minimum atomic E-state index is -0.0219. The van der Waals surface area contributed by atoms with Crippen LogP contribution >= 0.6 is 23.2 Å². The van der Waals surface area contributed by atoms with E-state index in [1.54, 1.807) is 6.07 Å². The van der Waals surface area contributed by atoms with E-state index in [2.05, 4.69) is 75.1 Å². The van der Waals surface area contributed by atoms with E-state index in [1.807, 2.05) is 23.2 Å². The number of aromatic nitrogens is 1. The minimum absolute atomic E-state index is 0.0219. The van der Waals surface area contributed by atoms with E-state index in [9.17, 15) is 4.79 Å². The second kappa shape index (κ2) is 12.7. The van der Waals surface area contributed by atoms with Crippen LogP contribution in [0.25, 0.3) is 16.5 Å². The van der Waals surface area contributed by atoms with Crippen LogP contribution in [0.5, 0.6) is 0 Å². The Labute approximate surface area is 280 Å². The Morgan fingerprint density at radius 3 is 2.43 bits per heavy atom. The zero-order valence-corrected chi connectivity index (χ0v) is 27.4. The molecule has 1 amide bonds. The van der Waals surface area contributed by atoms with Crippen LogP contribution < -0.4 is 10.6 Å². The average molecular weight is 653 g/mol. The quantitative estimate of drug-likeness (QED) is 0.194. The van der Waals surface area contributed by atoms with Crippen LogP contribution in [0.3, 0.4) is 0 Å². The molecule has 8 rings (SSSR count). The van der Waals surface area contributed by atoms with Gasteiger partial charge in [-0.3, -0.25) is 14.7 Å². The van der Waals surface area contributed by atoms with Crippen LogP contribution in [0.1, 0.15) is 54.4 Å². The molecule has 2 aliphatic heterocycles. The van der Waals surface area contributed by atoms with Gasteiger partial charge >= 0.3 is 0 Å². The van der Waals surface area contributed by atoms with Crippen LogP contribution in [0.2, 0.25) is 10.0 Å². The smallest absolute Gasteiger partial charge is 0.252 e. The number of carbonyl (C=O) groups is 1. The van der Waals surface area contributed by atoms with Crippen LogP contribution in [0, 0.1) is 0 Å². The summed E-state index contributed by atoms with van der Waals surface area (Å²) in [5, 5.41) is 9.60. The lowest BCUT2D eigenvalue weighted by Gasteiger charge is -2.41. The van der Waals surface area contributed by atoms with Crippen molar-refractivity contribution in [3.8, 4) is 0 Å². The van der Waals surface area contributed by atoms with Gasteiger partial charge in [0.05, 0.1) is 21.6 Å². The summed E-state index contributed by atoms with van der Waals surface area (Å²) in [6.45, 7) is 3.93. The van der Waals surface area contributed by atoms with Crippen molar-refractivity contribution in [2.24, 2.45) is 0 Å². The lowest BCUT2D eigenvalue weighted by Crippen LogP contribution is -2.60. The Morgan fingerprint density at radius 1 is 0.826 bits per heavy atom. The molecular weight excluding hydrogens is 613 g/mol. The number of para-hydroxylation sites is 1. The lowest BCUT2D eigenvalue weighted by atomic mass is 9.83. The first-order chi connectivity index (χ1) is 22.5. The van der Waals surface area contributed by atoms with E-state index >= 15 is 0 Å². The highest BCUT2D eigenvalue weighted by molar-refractivity contribution is 6.42. The monoisotopic (exact) mass is 651 g/mol. The molecule has 8 heteroatoms. The second-order valence-electron chi connectivity index (χ2n) is 13.4. The zero-order chi connectivity index (χ0) is 31.2. The van der Waals surface area contributed by atoms with Crippen molar-refractivity contribution in [2.45, 2.75) is 75.9 Å². The van der Waals surface area contributed by atoms with Crippen molar-refractivity contribution in [1.29, 1.82) is 0 Å². The summed E-state index contributed by atoms with van der Waals surface area (Å²) in [5.74, 6) is 0.113. The highest BCUT2D eigenvalue weighted by Gasteiger charge is 2.41. The van der Waals surface area contributed by atoms with Crippen molar-refractivity contribution >= 4 is 45.6 Å². The predicted molar refractivity (Wildman–Crippen MR) is 186 cm³/mol. The van der Waals surface area contributed by atoms with E-state index in [4.69, 9.17) is 23.2 Å². The Kier molecular flexibility index (Phi) is 8.34. The summed E-state index contributed by atoms with van der Waals surface area (Å²) in [4.78, 5) is 23.8. The standard InChI is InChI=1S/C38H39Cl2N5O/c39-33-6-3-4-27(37(33)40)23-45(30-14-15-30)38(46)36-32(18-28-19-41-20-35(36)43-28)25-10-8-24(9-11-25)21-44(29-12-13-29)22-26-16-17-42-34-7-2-1-5-31(26)34/h1-11,16-17,28-30,35,41,43H,12-15,18-23H2/t28-,35+/m0/s1. The van der Waals surface area contributed by atoms with E-state index in [-0.39, 0.29) is 18.0 Å². The van der Waals surface area contributed by atoms with Gasteiger partial charge in [-0.1, -0.05) is 77.8 Å². The number of amides is 1. The summed E-state index contributed by atoms with van der Waals surface area (Å²) in [5.41, 5.74) is 7.80. The summed E-state index contributed by atoms with van der Waals surface area (Å²) in [6, 6.07) is 26.4. The number of fused-ring (bicyclic) bond motifs is 3. The maximum Gasteiger partial charge on any atom is 0.252 e. The third kappa shape index (κ3) is 6.22. The molecule has 2 bridgehead atoms. The van der Waals surface area contributed by atoms with Crippen molar-refractivity contribution in [3.05, 3.63) is 117 Å². The van der Waals surface area contributed by atoms with Gasteiger partial charge in [0, 0.05) is 68.0 Å². The zero-order valence-electron chi connectivity index (χ0n) is 25.9.